The topological polar surface area (TPSA) is 25.4 Å². The molecule has 1 rings (SSSR count). The molecule has 0 atom stereocenters. The molecule has 17 heavy (non-hydrogen) atoms. The van der Waals surface area contributed by atoms with Gasteiger partial charge in [0.2, 0.25) is 5.88 Å². The van der Waals surface area contributed by atoms with Gasteiger partial charge in [-0.2, -0.15) is 0 Å². The van der Waals surface area contributed by atoms with Crippen LogP contribution in [-0.2, 0) is 12.3 Å². The van der Waals surface area contributed by atoms with Crippen LogP contribution in [0.5, 0.6) is 5.88 Å². The number of aryl methyl sites for hydroxylation is 1. The van der Waals surface area contributed by atoms with Crippen LogP contribution < -0.4 is 4.74 Å². The zero-order valence-electron chi connectivity index (χ0n) is 10.9. The number of rotatable bonds is 7. The van der Waals surface area contributed by atoms with Crippen molar-refractivity contribution in [2.75, 3.05) is 27.2 Å². The average molecular weight is 257 g/mol. The Morgan fingerprint density at radius 1 is 1.35 bits per heavy atom. The molecule has 3 nitrogen and oxygen atoms in total. The number of hydrogen-bond donors (Lipinski definition) is 0. The van der Waals surface area contributed by atoms with E-state index >= 15 is 0 Å². The lowest BCUT2D eigenvalue weighted by Crippen LogP contribution is -2.15. The maximum Gasteiger partial charge on any atom is 0.213 e. The van der Waals surface area contributed by atoms with Crippen LogP contribution in [0.15, 0.2) is 12.1 Å². The molecule has 1 aromatic heterocycles. The molecule has 0 aliphatic rings. The summed E-state index contributed by atoms with van der Waals surface area (Å²) >= 11 is 5.84. The van der Waals surface area contributed by atoms with E-state index in [1.54, 1.807) is 0 Å². The van der Waals surface area contributed by atoms with Crippen LogP contribution in [0.2, 0.25) is 0 Å². The summed E-state index contributed by atoms with van der Waals surface area (Å²) in [5.41, 5.74) is 2.10. The number of alkyl halides is 1. The number of ether oxygens (including phenoxy) is 1. The summed E-state index contributed by atoms with van der Waals surface area (Å²) in [6.45, 7) is 3.80. The molecular weight excluding hydrogens is 236 g/mol. The van der Waals surface area contributed by atoms with Crippen LogP contribution in [0.3, 0.4) is 0 Å². The molecular formula is C13H21ClN2O. The van der Waals surface area contributed by atoms with Gasteiger partial charge < -0.3 is 9.64 Å². The number of aromatic nitrogens is 1. The number of halogens is 1. The fraction of sp³-hybridized carbons (Fsp3) is 0.615. The molecule has 0 N–H and O–H groups in total. The first kappa shape index (κ1) is 14.3. The first-order valence-corrected chi connectivity index (χ1v) is 6.52. The predicted molar refractivity (Wildman–Crippen MR) is 71.8 cm³/mol. The van der Waals surface area contributed by atoms with Crippen molar-refractivity contribution in [2.45, 2.75) is 25.6 Å². The molecule has 0 bridgehead atoms. The molecule has 0 saturated carbocycles. The van der Waals surface area contributed by atoms with Gasteiger partial charge >= 0.3 is 0 Å². The largest absolute Gasteiger partial charge is 0.478 e. The summed E-state index contributed by atoms with van der Waals surface area (Å²) in [5, 5.41) is 0. The van der Waals surface area contributed by atoms with E-state index in [-0.39, 0.29) is 0 Å². The first-order chi connectivity index (χ1) is 8.15. The van der Waals surface area contributed by atoms with E-state index in [2.05, 4.69) is 30.9 Å². The summed E-state index contributed by atoms with van der Waals surface area (Å²) in [7, 11) is 4.11. The molecule has 0 unspecified atom stereocenters. The normalized spacial score (nSPS) is 10.9. The van der Waals surface area contributed by atoms with E-state index < -0.39 is 0 Å². The fourth-order valence-corrected chi connectivity index (χ4v) is 1.66. The molecule has 0 amide bonds. The zero-order valence-corrected chi connectivity index (χ0v) is 11.6. The van der Waals surface area contributed by atoms with Crippen molar-refractivity contribution >= 4 is 11.6 Å². The van der Waals surface area contributed by atoms with Crippen LogP contribution >= 0.6 is 11.6 Å². The van der Waals surface area contributed by atoms with Gasteiger partial charge in [0.05, 0.1) is 6.61 Å². The second-order valence-electron chi connectivity index (χ2n) is 4.30. The maximum absolute atomic E-state index is 5.84. The molecule has 1 heterocycles. The Kier molecular flexibility index (Phi) is 6.30. The van der Waals surface area contributed by atoms with Crippen molar-refractivity contribution in [3.8, 4) is 5.88 Å². The third kappa shape index (κ3) is 5.37. The van der Waals surface area contributed by atoms with Crippen molar-refractivity contribution in [1.29, 1.82) is 0 Å². The molecule has 0 radical (unpaired) electrons. The summed E-state index contributed by atoms with van der Waals surface area (Å²) < 4.78 is 5.64. The van der Waals surface area contributed by atoms with Crippen LogP contribution in [0.25, 0.3) is 0 Å². The molecule has 1 aromatic rings. The highest BCUT2D eigenvalue weighted by atomic mass is 35.5. The third-order valence-electron chi connectivity index (χ3n) is 2.43. The average Bonchev–Trinajstić information content (AvgIpc) is 2.34. The van der Waals surface area contributed by atoms with Gasteiger partial charge in [0, 0.05) is 24.2 Å². The number of hydrogen-bond acceptors (Lipinski definition) is 3. The minimum Gasteiger partial charge on any atom is -0.478 e. The van der Waals surface area contributed by atoms with E-state index in [9.17, 15) is 0 Å². The van der Waals surface area contributed by atoms with Gasteiger partial charge in [0.25, 0.3) is 0 Å². The van der Waals surface area contributed by atoms with Gasteiger partial charge in [-0.25, -0.2) is 4.98 Å². The molecule has 0 aliphatic heterocycles. The van der Waals surface area contributed by atoms with E-state index in [1.165, 1.54) is 0 Å². The van der Waals surface area contributed by atoms with E-state index in [1.807, 2.05) is 12.1 Å². The molecule has 0 aliphatic carbocycles. The summed E-state index contributed by atoms with van der Waals surface area (Å²) in [4.78, 5) is 6.56. The lowest BCUT2D eigenvalue weighted by atomic mass is 10.2. The first-order valence-electron chi connectivity index (χ1n) is 5.99. The van der Waals surface area contributed by atoms with Gasteiger partial charge in [0.15, 0.2) is 0 Å². The van der Waals surface area contributed by atoms with Crippen molar-refractivity contribution < 1.29 is 4.74 Å². The summed E-state index contributed by atoms with van der Waals surface area (Å²) in [6, 6.07) is 3.95. The Hall–Kier alpha value is -0.800. The Morgan fingerprint density at radius 3 is 2.71 bits per heavy atom. The Labute approximate surface area is 109 Å². The minimum absolute atomic E-state index is 0.504. The number of nitrogens with zero attached hydrogens (tertiary/aromatic N) is 2. The monoisotopic (exact) mass is 256 g/mol. The van der Waals surface area contributed by atoms with Gasteiger partial charge in [-0.1, -0.05) is 6.92 Å². The van der Waals surface area contributed by atoms with Gasteiger partial charge in [-0.05, 0) is 38.6 Å². The standard InChI is InChI=1S/C13H21ClN2O/c1-4-12-8-11(10-14)9-13(15-12)17-7-5-6-16(2)3/h8-9H,4-7,10H2,1-3H3. The summed E-state index contributed by atoms with van der Waals surface area (Å²) in [5.74, 6) is 1.20. The highest BCUT2D eigenvalue weighted by Gasteiger charge is 2.02. The second kappa shape index (κ2) is 7.51. The number of pyridine rings is 1. The molecule has 0 saturated heterocycles. The quantitative estimate of drug-likeness (QED) is 0.554. The molecule has 0 spiro atoms. The maximum atomic E-state index is 5.84. The van der Waals surface area contributed by atoms with Crippen molar-refractivity contribution in [3.63, 3.8) is 0 Å². The highest BCUT2D eigenvalue weighted by Crippen LogP contribution is 2.15. The SMILES string of the molecule is CCc1cc(CCl)cc(OCCCN(C)C)n1. The van der Waals surface area contributed by atoms with Crippen molar-refractivity contribution in [3.05, 3.63) is 23.4 Å². The Bertz CT molecular complexity index is 320. The predicted octanol–water partition coefficient (Wildman–Crippen LogP) is 2.71. The molecule has 96 valence electrons. The van der Waals surface area contributed by atoms with Crippen LogP contribution in [0, 0.1) is 0 Å². The smallest absolute Gasteiger partial charge is 0.213 e. The third-order valence-corrected chi connectivity index (χ3v) is 2.74. The van der Waals surface area contributed by atoms with Crippen LogP contribution in [-0.4, -0.2) is 37.1 Å². The second-order valence-corrected chi connectivity index (χ2v) is 4.56. The minimum atomic E-state index is 0.504. The van der Waals surface area contributed by atoms with Crippen LogP contribution in [0.4, 0.5) is 0 Å². The van der Waals surface area contributed by atoms with Gasteiger partial charge in [-0.15, -0.1) is 11.6 Å². The Morgan fingerprint density at radius 2 is 2.12 bits per heavy atom. The highest BCUT2D eigenvalue weighted by molar-refractivity contribution is 6.17. The zero-order chi connectivity index (χ0) is 12.7. The lowest BCUT2D eigenvalue weighted by molar-refractivity contribution is 0.272. The van der Waals surface area contributed by atoms with Crippen molar-refractivity contribution in [1.82, 2.24) is 9.88 Å². The molecule has 4 heteroatoms. The lowest BCUT2D eigenvalue weighted by Gasteiger charge is -2.11. The molecule has 0 fully saturated rings. The summed E-state index contributed by atoms with van der Waals surface area (Å²) in [6.07, 6.45) is 1.90. The van der Waals surface area contributed by atoms with Crippen molar-refractivity contribution in [2.24, 2.45) is 0 Å². The van der Waals surface area contributed by atoms with E-state index in [4.69, 9.17) is 16.3 Å². The molecule has 0 aromatic carbocycles. The van der Waals surface area contributed by atoms with E-state index in [0.717, 1.165) is 30.6 Å². The van der Waals surface area contributed by atoms with Crippen LogP contribution in [0.1, 0.15) is 24.6 Å². The van der Waals surface area contributed by atoms with Gasteiger partial charge in [-0.3, -0.25) is 0 Å². The van der Waals surface area contributed by atoms with E-state index in [0.29, 0.717) is 18.4 Å². The fourth-order valence-electron chi connectivity index (χ4n) is 1.51. The Balaban J connectivity index is 2.51. The van der Waals surface area contributed by atoms with Gasteiger partial charge in [0.1, 0.15) is 0 Å².